The van der Waals surface area contributed by atoms with Gasteiger partial charge in [0.15, 0.2) is 0 Å². The third-order valence-electron chi connectivity index (χ3n) is 4.22. The smallest absolute Gasteiger partial charge is 0.307 e. The van der Waals surface area contributed by atoms with Gasteiger partial charge < -0.3 is 9.67 Å². The van der Waals surface area contributed by atoms with Crippen LogP contribution in [0.5, 0.6) is 0 Å². The van der Waals surface area contributed by atoms with Crippen molar-refractivity contribution in [2.24, 2.45) is 0 Å². The van der Waals surface area contributed by atoms with Crippen molar-refractivity contribution in [3.63, 3.8) is 0 Å². The molecule has 0 saturated heterocycles. The quantitative estimate of drug-likeness (QED) is 0.431. The first-order valence-corrected chi connectivity index (χ1v) is 9.71. The molecule has 4 aromatic rings. The molecule has 4 rings (SSSR count). The van der Waals surface area contributed by atoms with Gasteiger partial charge in [-0.2, -0.15) is 0 Å². The van der Waals surface area contributed by atoms with Gasteiger partial charge in [0.1, 0.15) is 0 Å². The predicted molar refractivity (Wildman–Crippen MR) is 107 cm³/mol. The molecule has 0 aliphatic carbocycles. The van der Waals surface area contributed by atoms with E-state index < -0.39 is 5.97 Å². The molecule has 0 aliphatic heterocycles. The Balaban J connectivity index is 1.83. The van der Waals surface area contributed by atoms with Crippen molar-refractivity contribution >= 4 is 65.8 Å². The van der Waals surface area contributed by atoms with E-state index in [9.17, 15) is 9.90 Å². The van der Waals surface area contributed by atoms with E-state index in [2.05, 4.69) is 25.9 Å². The van der Waals surface area contributed by atoms with Crippen LogP contribution in [0.25, 0.3) is 21.0 Å². The summed E-state index contributed by atoms with van der Waals surface area (Å²) in [5.41, 5.74) is 3.03. The Kier molecular flexibility index (Phi) is 4.31. The minimum absolute atomic E-state index is 0.0101. The van der Waals surface area contributed by atoms with Gasteiger partial charge in [0.05, 0.1) is 6.42 Å². The van der Waals surface area contributed by atoms with E-state index in [1.165, 1.54) is 10.3 Å². The fourth-order valence-electron chi connectivity index (χ4n) is 3.14. The summed E-state index contributed by atoms with van der Waals surface area (Å²) in [6, 6.07) is 11.9. The van der Waals surface area contributed by atoms with Gasteiger partial charge in [-0.1, -0.05) is 27.5 Å². The molecule has 3 nitrogen and oxygen atoms in total. The van der Waals surface area contributed by atoms with Gasteiger partial charge in [-0.25, -0.2) is 0 Å². The van der Waals surface area contributed by atoms with Crippen molar-refractivity contribution in [1.29, 1.82) is 0 Å². The first-order chi connectivity index (χ1) is 12.0. The summed E-state index contributed by atoms with van der Waals surface area (Å²) >= 11 is 11.3. The van der Waals surface area contributed by atoms with Crippen LogP contribution in [-0.4, -0.2) is 15.6 Å². The van der Waals surface area contributed by atoms with E-state index in [0.29, 0.717) is 6.54 Å². The number of carbonyl (C=O) groups is 1. The van der Waals surface area contributed by atoms with E-state index in [1.807, 2.05) is 42.6 Å². The van der Waals surface area contributed by atoms with Crippen molar-refractivity contribution in [3.05, 3.63) is 68.6 Å². The van der Waals surface area contributed by atoms with Crippen molar-refractivity contribution in [2.75, 3.05) is 0 Å². The van der Waals surface area contributed by atoms with E-state index in [-0.39, 0.29) is 6.42 Å². The van der Waals surface area contributed by atoms with Crippen molar-refractivity contribution in [2.45, 2.75) is 13.0 Å². The number of aliphatic carboxylic acids is 1. The SMILES string of the molecule is O=C(O)Cc1cn(Cc2csc3ccc(Cl)cc23)c2ccc(Br)cc12. The highest BCUT2D eigenvalue weighted by molar-refractivity contribution is 9.10. The molecule has 0 atom stereocenters. The molecule has 0 aliphatic rings. The third kappa shape index (κ3) is 3.19. The number of halogens is 2. The fourth-order valence-corrected chi connectivity index (χ4v) is 4.61. The lowest BCUT2D eigenvalue weighted by molar-refractivity contribution is -0.136. The second-order valence-corrected chi connectivity index (χ2v) is 8.18. The molecular formula is C19H13BrClNO2S. The number of hydrogen-bond acceptors (Lipinski definition) is 2. The van der Waals surface area contributed by atoms with Gasteiger partial charge in [-0.3, -0.25) is 4.79 Å². The Labute approximate surface area is 161 Å². The zero-order chi connectivity index (χ0) is 17.6. The lowest BCUT2D eigenvalue weighted by Crippen LogP contribution is -2.00. The maximum absolute atomic E-state index is 11.2. The molecule has 2 aromatic carbocycles. The van der Waals surface area contributed by atoms with E-state index in [0.717, 1.165) is 31.3 Å². The Morgan fingerprint density at radius 3 is 2.80 bits per heavy atom. The Morgan fingerprint density at radius 2 is 2.00 bits per heavy atom. The molecule has 2 heterocycles. The van der Waals surface area contributed by atoms with Crippen LogP contribution in [0, 0.1) is 0 Å². The standard InChI is InChI=1S/C19H13BrClNO2S/c20-13-1-3-17-15(6-13)11(5-19(23)24)8-22(17)9-12-10-25-18-4-2-14(21)7-16(12)18/h1-4,6-8,10H,5,9H2,(H,23,24). The van der Waals surface area contributed by atoms with E-state index in [1.54, 1.807) is 11.3 Å². The van der Waals surface area contributed by atoms with E-state index in [4.69, 9.17) is 11.6 Å². The van der Waals surface area contributed by atoms with Gasteiger partial charge in [0.25, 0.3) is 0 Å². The topological polar surface area (TPSA) is 42.2 Å². The molecule has 2 aromatic heterocycles. The maximum Gasteiger partial charge on any atom is 0.307 e. The Bertz CT molecular complexity index is 1120. The van der Waals surface area contributed by atoms with Crippen LogP contribution in [0.3, 0.4) is 0 Å². The predicted octanol–water partition coefficient (Wildman–Crippen LogP) is 5.95. The summed E-state index contributed by atoms with van der Waals surface area (Å²) in [4.78, 5) is 11.2. The number of carboxylic acid groups (broad SMARTS) is 1. The fraction of sp³-hybridized carbons (Fsp3) is 0.105. The average molecular weight is 435 g/mol. The number of carboxylic acids is 1. The monoisotopic (exact) mass is 433 g/mol. The van der Waals surface area contributed by atoms with Gasteiger partial charge in [0.2, 0.25) is 0 Å². The lowest BCUT2D eigenvalue weighted by Gasteiger charge is -2.05. The molecule has 0 unspecified atom stereocenters. The molecule has 0 bridgehead atoms. The van der Waals surface area contributed by atoms with Crippen LogP contribution in [-0.2, 0) is 17.8 Å². The first kappa shape index (κ1) is 16.6. The molecule has 126 valence electrons. The highest BCUT2D eigenvalue weighted by Crippen LogP contribution is 2.31. The van der Waals surface area contributed by atoms with Crippen LogP contribution in [0.1, 0.15) is 11.1 Å². The lowest BCUT2D eigenvalue weighted by atomic mass is 10.1. The molecule has 0 spiro atoms. The molecule has 1 N–H and O–H groups in total. The van der Waals surface area contributed by atoms with E-state index >= 15 is 0 Å². The first-order valence-electron chi connectivity index (χ1n) is 7.66. The Morgan fingerprint density at radius 1 is 1.16 bits per heavy atom. The van der Waals surface area contributed by atoms with Gasteiger partial charge in [-0.15, -0.1) is 11.3 Å². The van der Waals surface area contributed by atoms with Crippen molar-refractivity contribution in [1.82, 2.24) is 4.57 Å². The Hall–Kier alpha value is -1.82. The number of hydrogen-bond donors (Lipinski definition) is 1. The molecular weight excluding hydrogens is 422 g/mol. The van der Waals surface area contributed by atoms with Crippen LogP contribution in [0.15, 0.2) is 52.4 Å². The summed E-state index contributed by atoms with van der Waals surface area (Å²) in [5, 5.41) is 14.2. The molecule has 6 heteroatoms. The average Bonchev–Trinajstić information content (AvgIpc) is 3.09. The summed E-state index contributed by atoms with van der Waals surface area (Å²) in [5.74, 6) is -0.827. The van der Waals surface area contributed by atoms with Gasteiger partial charge >= 0.3 is 5.97 Å². The third-order valence-corrected chi connectivity index (χ3v) is 5.96. The van der Waals surface area contributed by atoms with Gasteiger partial charge in [0, 0.05) is 37.8 Å². The largest absolute Gasteiger partial charge is 0.481 e. The normalized spacial score (nSPS) is 11.4. The summed E-state index contributed by atoms with van der Waals surface area (Å²) in [7, 11) is 0. The highest BCUT2D eigenvalue weighted by Gasteiger charge is 2.13. The van der Waals surface area contributed by atoms with Crippen molar-refractivity contribution < 1.29 is 9.90 Å². The second kappa shape index (κ2) is 6.48. The number of thiophene rings is 1. The molecule has 0 fully saturated rings. The van der Waals surface area contributed by atoms with Crippen LogP contribution in [0.4, 0.5) is 0 Å². The summed E-state index contributed by atoms with van der Waals surface area (Å²) < 4.78 is 4.25. The van der Waals surface area contributed by atoms with Crippen molar-refractivity contribution in [3.8, 4) is 0 Å². The number of benzene rings is 2. The number of aromatic nitrogens is 1. The summed E-state index contributed by atoms with van der Waals surface area (Å²) in [6.45, 7) is 0.679. The number of fused-ring (bicyclic) bond motifs is 2. The maximum atomic E-state index is 11.2. The summed E-state index contributed by atoms with van der Waals surface area (Å²) in [6.07, 6.45) is 1.95. The number of nitrogens with zero attached hydrogens (tertiary/aromatic N) is 1. The second-order valence-electron chi connectivity index (χ2n) is 5.92. The minimum Gasteiger partial charge on any atom is -0.481 e. The van der Waals surface area contributed by atoms with Gasteiger partial charge in [-0.05, 0) is 58.3 Å². The van der Waals surface area contributed by atoms with Crippen LogP contribution < -0.4 is 0 Å². The zero-order valence-electron chi connectivity index (χ0n) is 13.0. The molecule has 0 saturated carbocycles. The molecule has 0 amide bonds. The molecule has 0 radical (unpaired) electrons. The molecule has 25 heavy (non-hydrogen) atoms. The van der Waals surface area contributed by atoms with Crippen LogP contribution in [0.2, 0.25) is 5.02 Å². The van der Waals surface area contributed by atoms with Crippen LogP contribution >= 0.6 is 38.9 Å². The highest BCUT2D eigenvalue weighted by atomic mass is 79.9. The zero-order valence-corrected chi connectivity index (χ0v) is 16.2. The minimum atomic E-state index is -0.827. The number of rotatable bonds is 4.